The van der Waals surface area contributed by atoms with Gasteiger partial charge in [-0.25, -0.2) is 0 Å². The van der Waals surface area contributed by atoms with Crippen molar-refractivity contribution >= 4 is 31.9 Å². The minimum absolute atomic E-state index is 0.324. The van der Waals surface area contributed by atoms with Gasteiger partial charge in [-0.15, -0.1) is 0 Å². The number of rotatable bonds is 5. The van der Waals surface area contributed by atoms with Gasteiger partial charge in [0.25, 0.3) is 0 Å². The second kappa shape index (κ2) is 6.72. The Labute approximate surface area is 114 Å². The number of pyridine rings is 1. The van der Waals surface area contributed by atoms with Crippen LogP contribution in [0.2, 0.25) is 0 Å². The van der Waals surface area contributed by atoms with E-state index in [0.717, 1.165) is 27.0 Å². The van der Waals surface area contributed by atoms with Crippen molar-refractivity contribution < 1.29 is 0 Å². The molecule has 1 rings (SSSR count). The summed E-state index contributed by atoms with van der Waals surface area (Å²) >= 11 is 6.98. The Morgan fingerprint density at radius 3 is 2.50 bits per heavy atom. The molecule has 0 aliphatic rings. The fourth-order valence-corrected chi connectivity index (χ4v) is 2.86. The van der Waals surface area contributed by atoms with Crippen LogP contribution in [0.25, 0.3) is 0 Å². The van der Waals surface area contributed by atoms with Crippen LogP contribution in [0.3, 0.4) is 0 Å². The molecule has 90 valence electrons. The summed E-state index contributed by atoms with van der Waals surface area (Å²) < 4.78 is 2.06. The summed E-state index contributed by atoms with van der Waals surface area (Å²) in [7, 11) is 1.99. The lowest BCUT2D eigenvalue weighted by Crippen LogP contribution is -2.18. The van der Waals surface area contributed by atoms with Gasteiger partial charge in [0.2, 0.25) is 0 Å². The van der Waals surface area contributed by atoms with Crippen molar-refractivity contribution in [3.05, 3.63) is 26.9 Å². The van der Waals surface area contributed by atoms with Gasteiger partial charge in [0.15, 0.2) is 0 Å². The minimum Gasteiger partial charge on any atom is -0.312 e. The molecule has 2 nitrogen and oxygen atoms in total. The van der Waals surface area contributed by atoms with Gasteiger partial charge in [-0.05, 0) is 63.7 Å². The van der Waals surface area contributed by atoms with E-state index in [2.05, 4.69) is 56.0 Å². The first-order valence-electron chi connectivity index (χ1n) is 5.52. The molecule has 0 spiro atoms. The van der Waals surface area contributed by atoms with Crippen molar-refractivity contribution in [2.75, 3.05) is 7.05 Å². The quantitative estimate of drug-likeness (QED) is 0.857. The highest BCUT2D eigenvalue weighted by Gasteiger charge is 2.14. The van der Waals surface area contributed by atoms with Gasteiger partial charge < -0.3 is 5.32 Å². The molecule has 0 saturated carbocycles. The first kappa shape index (κ1) is 14.1. The van der Waals surface area contributed by atoms with Crippen LogP contribution in [0.15, 0.2) is 21.2 Å². The third-order valence-corrected chi connectivity index (χ3v) is 3.62. The Kier molecular flexibility index (Phi) is 5.94. The predicted molar refractivity (Wildman–Crippen MR) is 75.5 cm³/mol. The van der Waals surface area contributed by atoms with E-state index in [0.29, 0.717) is 6.04 Å². The molecule has 0 aliphatic heterocycles. The molecule has 0 aromatic carbocycles. The number of halogens is 2. The lowest BCUT2D eigenvalue weighted by molar-refractivity contribution is 0.457. The highest BCUT2D eigenvalue weighted by molar-refractivity contribution is 9.11. The summed E-state index contributed by atoms with van der Waals surface area (Å²) in [6.07, 6.45) is 4.16. The van der Waals surface area contributed by atoms with Gasteiger partial charge in [-0.2, -0.15) is 0 Å². The topological polar surface area (TPSA) is 24.9 Å². The Bertz CT molecular complexity index is 340. The zero-order valence-corrected chi connectivity index (χ0v) is 13.1. The molecule has 0 fully saturated rings. The van der Waals surface area contributed by atoms with E-state index in [-0.39, 0.29) is 0 Å². The highest BCUT2D eigenvalue weighted by Crippen LogP contribution is 2.27. The SMILES string of the molecule is CNC(CCC(C)C)c1ncc(Br)cc1Br. The van der Waals surface area contributed by atoms with Crippen LogP contribution in [0.1, 0.15) is 38.4 Å². The van der Waals surface area contributed by atoms with Gasteiger partial charge in [-0.3, -0.25) is 4.98 Å². The molecule has 1 N–H and O–H groups in total. The van der Waals surface area contributed by atoms with Gasteiger partial charge in [-0.1, -0.05) is 13.8 Å². The number of nitrogens with zero attached hydrogens (tertiary/aromatic N) is 1. The summed E-state index contributed by atoms with van der Waals surface area (Å²) in [6.45, 7) is 4.49. The normalized spacial score (nSPS) is 13.1. The van der Waals surface area contributed by atoms with Gasteiger partial charge in [0, 0.05) is 15.1 Å². The van der Waals surface area contributed by atoms with Crippen molar-refractivity contribution in [2.24, 2.45) is 5.92 Å². The maximum atomic E-state index is 4.47. The molecule has 1 aromatic rings. The fraction of sp³-hybridized carbons (Fsp3) is 0.583. The third-order valence-electron chi connectivity index (χ3n) is 2.55. The minimum atomic E-state index is 0.324. The Morgan fingerprint density at radius 2 is 2.00 bits per heavy atom. The fourth-order valence-electron chi connectivity index (χ4n) is 1.60. The lowest BCUT2D eigenvalue weighted by atomic mass is 10.0. The van der Waals surface area contributed by atoms with Crippen LogP contribution in [-0.2, 0) is 0 Å². The van der Waals surface area contributed by atoms with E-state index in [1.165, 1.54) is 6.42 Å². The number of hydrogen-bond donors (Lipinski definition) is 1. The van der Waals surface area contributed by atoms with Crippen LogP contribution in [-0.4, -0.2) is 12.0 Å². The van der Waals surface area contributed by atoms with Crippen LogP contribution in [0.5, 0.6) is 0 Å². The average molecular weight is 350 g/mol. The molecular formula is C12H18Br2N2. The Morgan fingerprint density at radius 1 is 1.31 bits per heavy atom. The van der Waals surface area contributed by atoms with E-state index in [1.54, 1.807) is 0 Å². The number of nitrogens with one attached hydrogen (secondary N) is 1. The maximum Gasteiger partial charge on any atom is 0.0715 e. The van der Waals surface area contributed by atoms with Crippen molar-refractivity contribution in [1.82, 2.24) is 10.3 Å². The second-order valence-corrected chi connectivity index (χ2v) is 6.10. The smallest absolute Gasteiger partial charge is 0.0715 e. The molecule has 1 unspecified atom stereocenters. The maximum absolute atomic E-state index is 4.47. The molecule has 0 aliphatic carbocycles. The number of aromatic nitrogens is 1. The number of hydrogen-bond acceptors (Lipinski definition) is 2. The second-order valence-electron chi connectivity index (χ2n) is 4.33. The average Bonchev–Trinajstić information content (AvgIpc) is 2.21. The van der Waals surface area contributed by atoms with Crippen LogP contribution in [0, 0.1) is 5.92 Å². The van der Waals surface area contributed by atoms with Crippen LogP contribution >= 0.6 is 31.9 Å². The van der Waals surface area contributed by atoms with Gasteiger partial charge in [0.1, 0.15) is 0 Å². The summed E-state index contributed by atoms with van der Waals surface area (Å²) in [5.41, 5.74) is 1.09. The van der Waals surface area contributed by atoms with Crippen molar-refractivity contribution in [3.63, 3.8) is 0 Å². The first-order valence-corrected chi connectivity index (χ1v) is 7.11. The van der Waals surface area contributed by atoms with E-state index in [4.69, 9.17) is 0 Å². The van der Waals surface area contributed by atoms with Gasteiger partial charge >= 0.3 is 0 Å². The van der Waals surface area contributed by atoms with Crippen molar-refractivity contribution in [3.8, 4) is 0 Å². The standard InChI is InChI=1S/C12H18Br2N2/c1-8(2)4-5-11(15-3)12-10(14)6-9(13)7-16-12/h6-8,11,15H,4-5H2,1-3H3. The summed E-state index contributed by atoms with van der Waals surface area (Å²) in [5, 5.41) is 3.33. The molecule has 4 heteroatoms. The Hall–Kier alpha value is 0.0700. The first-order chi connectivity index (χ1) is 7.54. The van der Waals surface area contributed by atoms with Crippen molar-refractivity contribution in [1.29, 1.82) is 0 Å². The molecule has 0 radical (unpaired) electrons. The molecule has 16 heavy (non-hydrogen) atoms. The molecule has 1 heterocycles. The summed E-state index contributed by atoms with van der Waals surface area (Å²) in [4.78, 5) is 4.47. The predicted octanol–water partition coefficient (Wildman–Crippen LogP) is 4.30. The molecule has 0 saturated heterocycles. The molecule has 1 aromatic heterocycles. The molecule has 1 atom stereocenters. The van der Waals surface area contributed by atoms with Crippen molar-refractivity contribution in [2.45, 2.75) is 32.7 Å². The summed E-state index contributed by atoms with van der Waals surface area (Å²) in [6, 6.07) is 2.37. The van der Waals surface area contributed by atoms with E-state index in [9.17, 15) is 0 Å². The summed E-state index contributed by atoms with van der Waals surface area (Å²) in [5.74, 6) is 0.727. The van der Waals surface area contributed by atoms with E-state index in [1.807, 2.05) is 19.3 Å². The molecular weight excluding hydrogens is 332 g/mol. The lowest BCUT2D eigenvalue weighted by Gasteiger charge is -2.18. The zero-order valence-electron chi connectivity index (χ0n) is 9.93. The van der Waals surface area contributed by atoms with Gasteiger partial charge in [0.05, 0.1) is 11.7 Å². The molecule has 0 bridgehead atoms. The largest absolute Gasteiger partial charge is 0.312 e. The zero-order chi connectivity index (χ0) is 12.1. The van der Waals surface area contributed by atoms with E-state index >= 15 is 0 Å². The molecule has 0 amide bonds. The van der Waals surface area contributed by atoms with E-state index < -0.39 is 0 Å². The van der Waals surface area contributed by atoms with Crippen LogP contribution in [0.4, 0.5) is 0 Å². The third kappa shape index (κ3) is 4.15. The van der Waals surface area contributed by atoms with Crippen LogP contribution < -0.4 is 5.32 Å². The highest BCUT2D eigenvalue weighted by atomic mass is 79.9. The Balaban J connectivity index is 2.78. The monoisotopic (exact) mass is 348 g/mol.